The highest BCUT2D eigenvalue weighted by Gasteiger charge is 2.18. The maximum atomic E-state index is 12.1. The standard InChI is InChI=1S/C25H20O2/c1-27-25(26)22-14-15-23(19-10-6-3-7-11-19)24-17-20(12-13-21(24)16-22)18-8-4-2-5-9-18/h2-13,15-17H,14H2,1H3. The third-order valence-electron chi connectivity index (χ3n) is 4.84. The van der Waals surface area contributed by atoms with Crippen molar-refractivity contribution in [3.05, 3.63) is 107 Å². The predicted molar refractivity (Wildman–Crippen MR) is 110 cm³/mol. The number of esters is 1. The molecule has 0 radical (unpaired) electrons. The van der Waals surface area contributed by atoms with Crippen molar-refractivity contribution in [3.63, 3.8) is 0 Å². The summed E-state index contributed by atoms with van der Waals surface area (Å²) in [5.41, 5.74) is 7.43. The number of hydrogen-bond donors (Lipinski definition) is 0. The van der Waals surface area contributed by atoms with Crippen LogP contribution < -0.4 is 0 Å². The lowest BCUT2D eigenvalue weighted by molar-refractivity contribution is -0.136. The molecule has 0 saturated heterocycles. The fraction of sp³-hybridized carbons (Fsp3) is 0.0800. The molecule has 1 aliphatic rings. The van der Waals surface area contributed by atoms with Crippen LogP contribution in [-0.4, -0.2) is 13.1 Å². The molecule has 0 aromatic heterocycles. The van der Waals surface area contributed by atoms with Crippen LogP contribution in [0.25, 0.3) is 22.8 Å². The molecule has 2 heteroatoms. The van der Waals surface area contributed by atoms with Crippen LogP contribution in [0.5, 0.6) is 0 Å². The van der Waals surface area contributed by atoms with Crippen molar-refractivity contribution >= 4 is 17.6 Å². The minimum absolute atomic E-state index is 0.279. The quantitative estimate of drug-likeness (QED) is 0.561. The summed E-state index contributed by atoms with van der Waals surface area (Å²) in [4.78, 5) is 12.1. The largest absolute Gasteiger partial charge is 0.466 e. The normalized spacial score (nSPS) is 13.1. The average Bonchev–Trinajstić information content (AvgIpc) is 2.93. The number of methoxy groups -OCH3 is 1. The van der Waals surface area contributed by atoms with Crippen LogP contribution in [0, 0.1) is 0 Å². The third-order valence-corrected chi connectivity index (χ3v) is 4.84. The molecule has 4 rings (SSSR count). The van der Waals surface area contributed by atoms with E-state index in [2.05, 4.69) is 48.5 Å². The molecular weight excluding hydrogens is 332 g/mol. The molecule has 3 aromatic carbocycles. The molecule has 27 heavy (non-hydrogen) atoms. The van der Waals surface area contributed by atoms with Crippen LogP contribution in [0.1, 0.15) is 23.1 Å². The first kappa shape index (κ1) is 17.0. The number of fused-ring (bicyclic) bond motifs is 1. The van der Waals surface area contributed by atoms with E-state index in [0.717, 1.165) is 27.8 Å². The molecule has 1 aliphatic carbocycles. The summed E-state index contributed by atoms with van der Waals surface area (Å²) in [5, 5.41) is 0. The number of allylic oxidation sites excluding steroid dienone is 1. The molecule has 0 amide bonds. The van der Waals surface area contributed by atoms with Gasteiger partial charge >= 0.3 is 5.97 Å². The second kappa shape index (κ2) is 7.46. The first-order chi connectivity index (χ1) is 13.3. The molecule has 0 unspecified atom stereocenters. The van der Waals surface area contributed by atoms with Gasteiger partial charge in [-0.3, -0.25) is 0 Å². The number of carbonyl (C=O) groups is 1. The monoisotopic (exact) mass is 352 g/mol. The SMILES string of the molecule is COC(=O)C1=Cc2ccc(-c3ccccc3)cc2C(c2ccccc2)=CC1. The van der Waals surface area contributed by atoms with E-state index in [1.807, 2.05) is 42.5 Å². The summed E-state index contributed by atoms with van der Waals surface area (Å²) < 4.78 is 4.96. The molecule has 0 bridgehead atoms. The van der Waals surface area contributed by atoms with E-state index >= 15 is 0 Å². The Kier molecular flexibility index (Phi) is 4.71. The molecule has 0 atom stereocenters. The van der Waals surface area contributed by atoms with Crippen LogP contribution in [0.15, 0.2) is 90.5 Å². The van der Waals surface area contributed by atoms with Crippen LogP contribution in [0.4, 0.5) is 0 Å². The van der Waals surface area contributed by atoms with Crippen molar-refractivity contribution in [1.82, 2.24) is 0 Å². The Morgan fingerprint density at radius 3 is 2.15 bits per heavy atom. The lowest BCUT2D eigenvalue weighted by atomic mass is 9.91. The molecule has 0 fully saturated rings. The highest BCUT2D eigenvalue weighted by molar-refractivity contribution is 5.98. The van der Waals surface area contributed by atoms with Gasteiger partial charge in [0.25, 0.3) is 0 Å². The van der Waals surface area contributed by atoms with Crippen molar-refractivity contribution in [1.29, 1.82) is 0 Å². The van der Waals surface area contributed by atoms with Gasteiger partial charge < -0.3 is 4.74 Å². The second-order valence-corrected chi connectivity index (χ2v) is 6.52. The zero-order valence-electron chi connectivity index (χ0n) is 15.2. The zero-order chi connectivity index (χ0) is 18.6. The van der Waals surface area contributed by atoms with Gasteiger partial charge in [0.05, 0.1) is 7.11 Å². The average molecular weight is 352 g/mol. The predicted octanol–water partition coefficient (Wildman–Crippen LogP) is 5.75. The van der Waals surface area contributed by atoms with Crippen molar-refractivity contribution < 1.29 is 9.53 Å². The number of hydrogen-bond acceptors (Lipinski definition) is 2. The van der Waals surface area contributed by atoms with Gasteiger partial charge in [-0.25, -0.2) is 4.79 Å². The van der Waals surface area contributed by atoms with E-state index in [9.17, 15) is 4.79 Å². The molecule has 0 N–H and O–H groups in total. The first-order valence-electron chi connectivity index (χ1n) is 9.00. The molecule has 3 aromatic rings. The smallest absolute Gasteiger partial charge is 0.334 e. The molecule has 0 spiro atoms. The number of ether oxygens (including phenoxy) is 1. The molecule has 2 nitrogen and oxygen atoms in total. The van der Waals surface area contributed by atoms with Crippen molar-refractivity contribution in [3.8, 4) is 11.1 Å². The minimum atomic E-state index is -0.279. The fourth-order valence-electron chi connectivity index (χ4n) is 3.46. The van der Waals surface area contributed by atoms with Crippen LogP contribution in [0.3, 0.4) is 0 Å². The van der Waals surface area contributed by atoms with E-state index in [0.29, 0.717) is 12.0 Å². The van der Waals surface area contributed by atoms with Crippen molar-refractivity contribution in [2.75, 3.05) is 7.11 Å². The molecule has 0 heterocycles. The van der Waals surface area contributed by atoms with Gasteiger partial charge in [-0.1, -0.05) is 78.9 Å². The Morgan fingerprint density at radius 1 is 0.815 bits per heavy atom. The summed E-state index contributed by atoms with van der Waals surface area (Å²) >= 11 is 0. The highest BCUT2D eigenvalue weighted by Crippen LogP contribution is 2.35. The van der Waals surface area contributed by atoms with Gasteiger partial charge in [-0.05, 0) is 52.0 Å². The van der Waals surface area contributed by atoms with E-state index < -0.39 is 0 Å². The van der Waals surface area contributed by atoms with E-state index in [-0.39, 0.29) is 5.97 Å². The summed E-state index contributed by atoms with van der Waals surface area (Å²) in [5.74, 6) is -0.279. The second-order valence-electron chi connectivity index (χ2n) is 6.52. The lowest BCUT2D eigenvalue weighted by Gasteiger charge is -2.13. The number of benzene rings is 3. The fourth-order valence-corrected chi connectivity index (χ4v) is 3.46. The number of carbonyl (C=O) groups excluding carboxylic acids is 1. The van der Waals surface area contributed by atoms with E-state index in [1.54, 1.807) is 0 Å². The molecule has 0 saturated carbocycles. The first-order valence-corrected chi connectivity index (χ1v) is 9.00. The number of rotatable bonds is 3. The Labute approximate surface area is 159 Å². The Balaban J connectivity index is 1.90. The van der Waals surface area contributed by atoms with Crippen molar-refractivity contribution in [2.45, 2.75) is 6.42 Å². The molecule has 0 aliphatic heterocycles. The van der Waals surface area contributed by atoms with Gasteiger partial charge in [0.2, 0.25) is 0 Å². The van der Waals surface area contributed by atoms with Gasteiger partial charge in [-0.2, -0.15) is 0 Å². The maximum absolute atomic E-state index is 12.1. The van der Waals surface area contributed by atoms with E-state index in [4.69, 9.17) is 4.74 Å². The lowest BCUT2D eigenvalue weighted by Crippen LogP contribution is -2.03. The summed E-state index contributed by atoms with van der Waals surface area (Å²) in [6, 6.07) is 27.0. The van der Waals surface area contributed by atoms with Gasteiger partial charge in [0.1, 0.15) is 0 Å². The Morgan fingerprint density at radius 2 is 1.48 bits per heavy atom. The van der Waals surface area contributed by atoms with Gasteiger partial charge in [0.15, 0.2) is 0 Å². The van der Waals surface area contributed by atoms with Crippen LogP contribution in [0.2, 0.25) is 0 Å². The van der Waals surface area contributed by atoms with Crippen LogP contribution in [-0.2, 0) is 9.53 Å². The summed E-state index contributed by atoms with van der Waals surface area (Å²) in [7, 11) is 1.43. The van der Waals surface area contributed by atoms with Crippen LogP contribution >= 0.6 is 0 Å². The summed E-state index contributed by atoms with van der Waals surface area (Å²) in [6.45, 7) is 0. The van der Waals surface area contributed by atoms with Gasteiger partial charge in [-0.15, -0.1) is 0 Å². The third kappa shape index (κ3) is 3.47. The molecule has 132 valence electrons. The Bertz CT molecular complexity index is 1030. The zero-order valence-corrected chi connectivity index (χ0v) is 15.2. The maximum Gasteiger partial charge on any atom is 0.334 e. The Hall–Kier alpha value is -3.39. The van der Waals surface area contributed by atoms with Gasteiger partial charge in [0, 0.05) is 5.57 Å². The van der Waals surface area contributed by atoms with E-state index in [1.165, 1.54) is 12.7 Å². The molecular formula is C25H20O2. The minimum Gasteiger partial charge on any atom is -0.466 e. The summed E-state index contributed by atoms with van der Waals surface area (Å²) in [6.07, 6.45) is 4.62. The van der Waals surface area contributed by atoms with Crippen molar-refractivity contribution in [2.24, 2.45) is 0 Å². The topological polar surface area (TPSA) is 26.3 Å². The highest BCUT2D eigenvalue weighted by atomic mass is 16.5.